The van der Waals surface area contributed by atoms with Gasteiger partial charge in [0.1, 0.15) is 0 Å². The van der Waals surface area contributed by atoms with Crippen molar-refractivity contribution in [3.8, 4) is 0 Å². The topological polar surface area (TPSA) is 70.5 Å². The van der Waals surface area contributed by atoms with Crippen molar-refractivity contribution in [2.24, 2.45) is 11.5 Å². The van der Waals surface area contributed by atoms with Crippen LogP contribution in [0.5, 0.6) is 0 Å². The molecule has 4 N–H and O–H groups in total. The summed E-state index contributed by atoms with van der Waals surface area (Å²) in [5.74, 6) is 0. The molecule has 4 nitrogen and oxygen atoms in total. The fourth-order valence-corrected chi connectivity index (χ4v) is 0.532. The Morgan fingerprint density at radius 1 is 0.900 bits per heavy atom. The molecule has 0 aromatic carbocycles. The summed E-state index contributed by atoms with van der Waals surface area (Å²) in [4.78, 5) is 0. The maximum atomic E-state index is 5.19. The van der Waals surface area contributed by atoms with E-state index in [0.717, 1.165) is 6.42 Å². The van der Waals surface area contributed by atoms with Crippen LogP contribution in [0, 0.1) is 0 Å². The Labute approximate surface area is 61.5 Å². The SMILES string of the molecule is NCCOCCCOCN. The van der Waals surface area contributed by atoms with Gasteiger partial charge in [-0.2, -0.15) is 0 Å². The Balaban J connectivity index is 2.65. The van der Waals surface area contributed by atoms with Crippen LogP contribution in [0.25, 0.3) is 0 Å². The molecule has 10 heavy (non-hydrogen) atoms. The van der Waals surface area contributed by atoms with Crippen molar-refractivity contribution in [1.29, 1.82) is 0 Å². The van der Waals surface area contributed by atoms with Gasteiger partial charge in [0.2, 0.25) is 0 Å². The molecule has 0 heterocycles. The maximum Gasteiger partial charge on any atom is 0.0940 e. The molecule has 0 radical (unpaired) electrons. The van der Waals surface area contributed by atoms with Gasteiger partial charge in [-0.15, -0.1) is 0 Å². The van der Waals surface area contributed by atoms with E-state index in [1.54, 1.807) is 0 Å². The summed E-state index contributed by atoms with van der Waals surface area (Å²) in [7, 11) is 0. The summed E-state index contributed by atoms with van der Waals surface area (Å²) in [6.07, 6.45) is 0.886. The van der Waals surface area contributed by atoms with Crippen molar-refractivity contribution in [3.05, 3.63) is 0 Å². The van der Waals surface area contributed by atoms with Gasteiger partial charge < -0.3 is 20.9 Å². The minimum Gasteiger partial charge on any atom is -0.380 e. The highest BCUT2D eigenvalue weighted by Crippen LogP contribution is 1.82. The zero-order valence-corrected chi connectivity index (χ0v) is 6.21. The van der Waals surface area contributed by atoms with Crippen molar-refractivity contribution in [3.63, 3.8) is 0 Å². The molecule has 0 aromatic rings. The molecule has 0 unspecified atom stereocenters. The molecule has 62 valence electrons. The maximum absolute atomic E-state index is 5.19. The number of rotatable bonds is 7. The second-order valence-corrected chi connectivity index (χ2v) is 1.83. The summed E-state index contributed by atoms with van der Waals surface area (Å²) in [5, 5.41) is 0. The van der Waals surface area contributed by atoms with Gasteiger partial charge >= 0.3 is 0 Å². The molecule has 0 aromatic heterocycles. The first-order valence-electron chi connectivity index (χ1n) is 3.47. The van der Waals surface area contributed by atoms with E-state index in [-0.39, 0.29) is 6.73 Å². The first kappa shape index (κ1) is 9.84. The average Bonchev–Trinajstić information content (AvgIpc) is 1.97. The summed E-state index contributed by atoms with van der Waals surface area (Å²) >= 11 is 0. The van der Waals surface area contributed by atoms with Gasteiger partial charge in [0.05, 0.1) is 19.9 Å². The number of hydrogen-bond donors (Lipinski definition) is 2. The largest absolute Gasteiger partial charge is 0.380 e. The third kappa shape index (κ3) is 7.84. The van der Waals surface area contributed by atoms with Crippen LogP contribution in [0.1, 0.15) is 6.42 Å². The van der Waals surface area contributed by atoms with E-state index in [1.165, 1.54) is 0 Å². The third-order valence-corrected chi connectivity index (χ3v) is 0.957. The van der Waals surface area contributed by atoms with Gasteiger partial charge in [-0.05, 0) is 6.42 Å². The Kier molecular flexibility index (Phi) is 8.70. The van der Waals surface area contributed by atoms with Crippen molar-refractivity contribution < 1.29 is 9.47 Å². The molecular weight excluding hydrogens is 132 g/mol. The molecule has 4 heteroatoms. The van der Waals surface area contributed by atoms with Crippen LogP contribution >= 0.6 is 0 Å². The van der Waals surface area contributed by atoms with Crippen molar-refractivity contribution in [2.75, 3.05) is 33.1 Å². The Hall–Kier alpha value is -0.160. The normalized spacial score (nSPS) is 10.2. The molecule has 0 bridgehead atoms. The summed E-state index contributed by atoms with van der Waals surface area (Å²) in [5.41, 5.74) is 10.3. The molecule has 0 aliphatic carbocycles. The highest BCUT2D eigenvalue weighted by Gasteiger charge is 1.86. The van der Waals surface area contributed by atoms with E-state index in [2.05, 4.69) is 0 Å². The predicted molar refractivity (Wildman–Crippen MR) is 39.5 cm³/mol. The van der Waals surface area contributed by atoms with E-state index in [0.29, 0.717) is 26.4 Å². The van der Waals surface area contributed by atoms with Crippen LogP contribution < -0.4 is 11.5 Å². The smallest absolute Gasteiger partial charge is 0.0940 e. The summed E-state index contributed by atoms with van der Waals surface area (Å²) < 4.78 is 9.96. The van der Waals surface area contributed by atoms with E-state index < -0.39 is 0 Å². The molecule has 0 saturated carbocycles. The molecule has 0 rings (SSSR count). The van der Waals surface area contributed by atoms with Crippen molar-refractivity contribution >= 4 is 0 Å². The Morgan fingerprint density at radius 2 is 1.60 bits per heavy atom. The molecular formula is C6H16N2O2. The van der Waals surface area contributed by atoms with E-state index in [9.17, 15) is 0 Å². The molecule has 0 saturated heterocycles. The lowest BCUT2D eigenvalue weighted by Crippen LogP contribution is -2.11. The van der Waals surface area contributed by atoms with E-state index in [1.807, 2.05) is 0 Å². The monoisotopic (exact) mass is 148 g/mol. The second-order valence-electron chi connectivity index (χ2n) is 1.83. The highest BCUT2D eigenvalue weighted by atomic mass is 16.5. The van der Waals surface area contributed by atoms with E-state index >= 15 is 0 Å². The quantitative estimate of drug-likeness (QED) is 0.369. The van der Waals surface area contributed by atoms with Crippen LogP contribution in [0.15, 0.2) is 0 Å². The first-order chi connectivity index (χ1) is 4.91. The predicted octanol–water partition coefficient (Wildman–Crippen LogP) is -0.715. The third-order valence-electron chi connectivity index (χ3n) is 0.957. The number of hydrogen-bond acceptors (Lipinski definition) is 4. The van der Waals surface area contributed by atoms with Gasteiger partial charge in [0.15, 0.2) is 0 Å². The van der Waals surface area contributed by atoms with Gasteiger partial charge in [-0.25, -0.2) is 0 Å². The van der Waals surface area contributed by atoms with Crippen LogP contribution in [0.4, 0.5) is 0 Å². The fourth-order valence-electron chi connectivity index (χ4n) is 0.532. The fraction of sp³-hybridized carbons (Fsp3) is 1.00. The number of ether oxygens (including phenoxy) is 2. The molecule has 0 fully saturated rings. The molecule has 0 spiro atoms. The van der Waals surface area contributed by atoms with Crippen molar-refractivity contribution in [2.45, 2.75) is 6.42 Å². The first-order valence-corrected chi connectivity index (χ1v) is 3.47. The lowest BCUT2D eigenvalue weighted by atomic mass is 10.5. The Morgan fingerprint density at radius 3 is 2.20 bits per heavy atom. The van der Waals surface area contributed by atoms with Gasteiger partial charge in [0.25, 0.3) is 0 Å². The molecule has 0 aliphatic heterocycles. The van der Waals surface area contributed by atoms with Crippen LogP contribution in [-0.4, -0.2) is 33.1 Å². The lowest BCUT2D eigenvalue weighted by molar-refractivity contribution is 0.0887. The second kappa shape index (κ2) is 8.84. The summed E-state index contributed by atoms with van der Waals surface area (Å²) in [6, 6.07) is 0. The highest BCUT2D eigenvalue weighted by molar-refractivity contribution is 4.34. The molecule has 0 atom stereocenters. The van der Waals surface area contributed by atoms with Crippen LogP contribution in [-0.2, 0) is 9.47 Å². The molecule has 0 amide bonds. The lowest BCUT2D eigenvalue weighted by Gasteiger charge is -2.01. The minimum atomic E-state index is 0.289. The van der Waals surface area contributed by atoms with E-state index in [4.69, 9.17) is 20.9 Å². The number of nitrogens with two attached hydrogens (primary N) is 2. The van der Waals surface area contributed by atoms with Crippen LogP contribution in [0.2, 0.25) is 0 Å². The zero-order chi connectivity index (χ0) is 7.66. The standard InChI is InChI=1S/C6H16N2O2/c7-2-5-9-3-1-4-10-6-8/h1-8H2. The van der Waals surface area contributed by atoms with Crippen molar-refractivity contribution in [1.82, 2.24) is 0 Å². The van der Waals surface area contributed by atoms with Gasteiger partial charge in [0, 0.05) is 13.2 Å². The minimum absolute atomic E-state index is 0.289. The molecule has 0 aliphatic rings. The van der Waals surface area contributed by atoms with Gasteiger partial charge in [-0.1, -0.05) is 0 Å². The average molecular weight is 148 g/mol. The summed E-state index contributed by atoms with van der Waals surface area (Å²) in [6.45, 7) is 2.87. The van der Waals surface area contributed by atoms with Crippen LogP contribution in [0.3, 0.4) is 0 Å². The van der Waals surface area contributed by atoms with Gasteiger partial charge in [-0.3, -0.25) is 0 Å². The Bertz CT molecular complexity index is 53.7. The zero-order valence-electron chi connectivity index (χ0n) is 6.21.